The minimum absolute atomic E-state index is 0.111. The van der Waals surface area contributed by atoms with E-state index in [1.165, 1.54) is 11.8 Å². The molecular formula is C18H21ClN2O4. The number of ether oxygens (including phenoxy) is 1. The van der Waals surface area contributed by atoms with Crippen LogP contribution in [0, 0.1) is 0 Å². The first-order chi connectivity index (χ1) is 12.0. The molecular weight excluding hydrogens is 344 g/mol. The van der Waals surface area contributed by atoms with Crippen molar-refractivity contribution in [3.05, 3.63) is 46.2 Å². The molecule has 6 nitrogen and oxygen atoms in total. The monoisotopic (exact) mass is 364 g/mol. The van der Waals surface area contributed by atoms with Gasteiger partial charge in [-0.1, -0.05) is 29.8 Å². The Morgan fingerprint density at radius 2 is 1.96 bits per heavy atom. The van der Waals surface area contributed by atoms with Crippen LogP contribution < -0.4 is 0 Å². The summed E-state index contributed by atoms with van der Waals surface area (Å²) in [7, 11) is 0. The number of amides is 1. The van der Waals surface area contributed by atoms with Gasteiger partial charge in [-0.15, -0.1) is 0 Å². The number of ketones is 1. The third-order valence-electron chi connectivity index (χ3n) is 4.64. The van der Waals surface area contributed by atoms with Crippen molar-refractivity contribution in [2.45, 2.75) is 13.0 Å². The van der Waals surface area contributed by atoms with Crippen LogP contribution >= 0.6 is 11.6 Å². The second-order valence-corrected chi connectivity index (χ2v) is 6.60. The molecule has 7 heteroatoms. The van der Waals surface area contributed by atoms with Crippen molar-refractivity contribution in [1.82, 2.24) is 9.80 Å². The van der Waals surface area contributed by atoms with Crippen LogP contribution in [0.4, 0.5) is 0 Å². The predicted octanol–water partition coefficient (Wildman–Crippen LogP) is 1.96. The Morgan fingerprint density at radius 3 is 2.60 bits per heavy atom. The van der Waals surface area contributed by atoms with Gasteiger partial charge in [0.2, 0.25) is 0 Å². The van der Waals surface area contributed by atoms with Gasteiger partial charge in [0.25, 0.3) is 5.91 Å². The summed E-state index contributed by atoms with van der Waals surface area (Å²) >= 11 is 6.30. The highest BCUT2D eigenvalue weighted by atomic mass is 35.5. The number of hydrogen-bond donors (Lipinski definition) is 1. The Balaban J connectivity index is 1.88. The molecule has 0 bridgehead atoms. The molecule has 0 aromatic heterocycles. The lowest BCUT2D eigenvalue weighted by Crippen LogP contribution is -2.43. The Morgan fingerprint density at radius 1 is 1.28 bits per heavy atom. The maximum atomic E-state index is 12.6. The topological polar surface area (TPSA) is 70.1 Å². The van der Waals surface area contributed by atoms with E-state index in [0.29, 0.717) is 36.9 Å². The molecule has 0 saturated carbocycles. The fourth-order valence-electron chi connectivity index (χ4n) is 3.34. The summed E-state index contributed by atoms with van der Waals surface area (Å²) in [6.07, 6.45) is 0. The summed E-state index contributed by atoms with van der Waals surface area (Å²) in [6, 6.07) is 6.44. The van der Waals surface area contributed by atoms with Gasteiger partial charge in [-0.25, -0.2) is 0 Å². The molecule has 1 aromatic rings. The fraction of sp³-hybridized carbons (Fsp3) is 0.444. The average molecular weight is 365 g/mol. The number of benzene rings is 1. The third-order valence-corrected chi connectivity index (χ3v) is 4.99. The Hall–Kier alpha value is -1.89. The molecule has 3 rings (SSSR count). The summed E-state index contributed by atoms with van der Waals surface area (Å²) in [4.78, 5) is 28.4. The molecule has 2 aliphatic rings. The zero-order valence-electron chi connectivity index (χ0n) is 14.1. The van der Waals surface area contributed by atoms with Crippen molar-refractivity contribution < 1.29 is 19.4 Å². The van der Waals surface area contributed by atoms with Gasteiger partial charge < -0.3 is 14.7 Å². The molecule has 1 amide bonds. The maximum absolute atomic E-state index is 12.6. The van der Waals surface area contributed by atoms with Crippen molar-refractivity contribution in [3.8, 4) is 0 Å². The van der Waals surface area contributed by atoms with Crippen LogP contribution in [-0.4, -0.2) is 66.0 Å². The molecule has 1 fully saturated rings. The molecule has 2 aliphatic heterocycles. The Labute approximate surface area is 151 Å². The number of nitrogens with zero attached hydrogens (tertiary/aromatic N) is 2. The van der Waals surface area contributed by atoms with Crippen molar-refractivity contribution in [1.29, 1.82) is 0 Å². The normalized spacial score (nSPS) is 21.9. The van der Waals surface area contributed by atoms with Gasteiger partial charge in [-0.2, -0.15) is 0 Å². The standard InChI is InChI=1S/C18H21ClN2O4/c1-12(22)15-16(13-4-2-3-5-14(13)19)21(18(24)17(15)23)7-6-20-8-10-25-11-9-20/h2-5,16,23H,6-11H2,1H3. The minimum Gasteiger partial charge on any atom is -0.503 e. The van der Waals surface area contributed by atoms with Gasteiger partial charge >= 0.3 is 0 Å². The second-order valence-electron chi connectivity index (χ2n) is 6.20. The lowest BCUT2D eigenvalue weighted by molar-refractivity contribution is -0.129. The highest BCUT2D eigenvalue weighted by Gasteiger charge is 2.42. The van der Waals surface area contributed by atoms with E-state index in [1.54, 1.807) is 24.3 Å². The van der Waals surface area contributed by atoms with Crippen molar-refractivity contribution in [3.63, 3.8) is 0 Å². The Bertz CT molecular complexity index is 713. The zero-order chi connectivity index (χ0) is 18.0. The van der Waals surface area contributed by atoms with E-state index < -0.39 is 17.7 Å². The Kier molecular flexibility index (Phi) is 5.42. The number of morpholine rings is 1. The van der Waals surface area contributed by atoms with Crippen LogP contribution in [0.3, 0.4) is 0 Å². The summed E-state index contributed by atoms with van der Waals surface area (Å²) in [5.41, 5.74) is 0.758. The summed E-state index contributed by atoms with van der Waals surface area (Å²) < 4.78 is 5.33. The summed E-state index contributed by atoms with van der Waals surface area (Å²) in [5, 5.41) is 10.7. The van der Waals surface area contributed by atoms with Crippen LogP contribution in [0.1, 0.15) is 18.5 Å². The number of carbonyl (C=O) groups excluding carboxylic acids is 2. The first-order valence-corrected chi connectivity index (χ1v) is 8.68. The van der Waals surface area contributed by atoms with E-state index in [4.69, 9.17) is 16.3 Å². The van der Waals surface area contributed by atoms with E-state index in [2.05, 4.69) is 4.90 Å². The SMILES string of the molecule is CC(=O)C1=C(O)C(=O)N(CCN2CCOCC2)C1c1ccccc1Cl. The summed E-state index contributed by atoms with van der Waals surface area (Å²) in [6.45, 7) is 5.35. The average Bonchev–Trinajstić information content (AvgIpc) is 2.85. The smallest absolute Gasteiger partial charge is 0.290 e. The summed E-state index contributed by atoms with van der Waals surface area (Å²) in [5.74, 6) is -1.33. The molecule has 134 valence electrons. The zero-order valence-corrected chi connectivity index (χ0v) is 14.8. The third kappa shape index (κ3) is 3.56. The molecule has 2 heterocycles. The molecule has 1 N–H and O–H groups in total. The quantitative estimate of drug-likeness (QED) is 0.864. The molecule has 0 radical (unpaired) electrons. The van der Waals surface area contributed by atoms with Gasteiger partial charge in [0.1, 0.15) is 0 Å². The fourth-order valence-corrected chi connectivity index (χ4v) is 3.58. The van der Waals surface area contributed by atoms with Crippen LogP contribution in [-0.2, 0) is 14.3 Å². The molecule has 1 unspecified atom stereocenters. The van der Waals surface area contributed by atoms with Gasteiger partial charge in [0, 0.05) is 31.2 Å². The van der Waals surface area contributed by atoms with E-state index >= 15 is 0 Å². The first kappa shape index (κ1) is 17.9. The lowest BCUT2D eigenvalue weighted by atomic mass is 9.96. The molecule has 25 heavy (non-hydrogen) atoms. The predicted molar refractivity (Wildman–Crippen MR) is 93.5 cm³/mol. The first-order valence-electron chi connectivity index (χ1n) is 8.30. The highest BCUT2D eigenvalue weighted by molar-refractivity contribution is 6.31. The van der Waals surface area contributed by atoms with Gasteiger partial charge in [-0.05, 0) is 18.6 Å². The minimum atomic E-state index is -0.653. The largest absolute Gasteiger partial charge is 0.503 e. The van der Waals surface area contributed by atoms with Gasteiger partial charge in [0.05, 0.1) is 24.8 Å². The number of rotatable bonds is 5. The number of Topliss-reactive ketones (excluding diaryl/α,β-unsaturated/α-hetero) is 1. The highest BCUT2D eigenvalue weighted by Crippen LogP contribution is 2.40. The van der Waals surface area contributed by atoms with E-state index in [0.717, 1.165) is 13.1 Å². The van der Waals surface area contributed by atoms with Gasteiger partial charge in [-0.3, -0.25) is 14.5 Å². The second kappa shape index (κ2) is 7.56. The van der Waals surface area contributed by atoms with E-state index in [1.807, 2.05) is 0 Å². The molecule has 0 spiro atoms. The van der Waals surface area contributed by atoms with Crippen molar-refractivity contribution in [2.75, 3.05) is 39.4 Å². The maximum Gasteiger partial charge on any atom is 0.290 e. The molecule has 0 aliphatic carbocycles. The number of hydrogen-bond acceptors (Lipinski definition) is 5. The van der Waals surface area contributed by atoms with E-state index in [-0.39, 0.29) is 11.4 Å². The number of carbonyl (C=O) groups is 2. The van der Waals surface area contributed by atoms with Crippen LogP contribution in [0.15, 0.2) is 35.6 Å². The van der Waals surface area contributed by atoms with Gasteiger partial charge in [0.15, 0.2) is 11.5 Å². The number of aliphatic hydroxyl groups is 1. The molecule has 1 aromatic carbocycles. The van der Waals surface area contributed by atoms with Crippen molar-refractivity contribution >= 4 is 23.3 Å². The lowest BCUT2D eigenvalue weighted by Gasteiger charge is -2.31. The number of aliphatic hydroxyl groups excluding tert-OH is 1. The van der Waals surface area contributed by atoms with E-state index in [9.17, 15) is 14.7 Å². The van der Waals surface area contributed by atoms with Crippen LogP contribution in [0.25, 0.3) is 0 Å². The molecule has 1 atom stereocenters. The van der Waals surface area contributed by atoms with Crippen LogP contribution in [0.2, 0.25) is 5.02 Å². The number of halogens is 1. The van der Waals surface area contributed by atoms with Crippen LogP contribution in [0.5, 0.6) is 0 Å². The molecule has 1 saturated heterocycles. The van der Waals surface area contributed by atoms with Crippen molar-refractivity contribution in [2.24, 2.45) is 0 Å².